The van der Waals surface area contributed by atoms with Crippen LogP contribution in [0.3, 0.4) is 0 Å². The van der Waals surface area contributed by atoms with Crippen LogP contribution in [0.4, 0.5) is 0 Å². The highest BCUT2D eigenvalue weighted by Gasteiger charge is 2.34. The topological polar surface area (TPSA) is 114 Å². The number of nitrogens with one attached hydrogen (secondary N) is 2. The fourth-order valence-electron chi connectivity index (χ4n) is 3.42. The molecule has 0 aliphatic carbocycles. The van der Waals surface area contributed by atoms with Crippen molar-refractivity contribution in [2.24, 2.45) is 17.6 Å². The zero-order chi connectivity index (χ0) is 22.4. The largest absolute Gasteiger partial charge is 0.491 e. The summed E-state index contributed by atoms with van der Waals surface area (Å²) in [5, 5.41) is 10.4. The van der Waals surface area contributed by atoms with Crippen molar-refractivity contribution < 1.29 is 19.1 Å². The van der Waals surface area contributed by atoms with Crippen LogP contribution >= 0.6 is 12.4 Å². The van der Waals surface area contributed by atoms with Crippen LogP contribution < -0.4 is 15.8 Å². The minimum Gasteiger partial charge on any atom is -0.491 e. The van der Waals surface area contributed by atoms with Gasteiger partial charge in [0.05, 0.1) is 25.0 Å². The Kier molecular flexibility index (Phi) is 9.08. The number of carbonyl (C=O) groups excluding carboxylic acids is 2. The predicted molar refractivity (Wildman–Crippen MR) is 126 cm³/mol. The lowest BCUT2D eigenvalue weighted by molar-refractivity contribution is -0.147. The Morgan fingerprint density at radius 3 is 2.28 bits per heavy atom. The average molecular weight is 460 g/mol. The SMILES string of the molecule is CC(C)COC(=O)C[C@@H]1C[C@@H](COc2ccc(-c3ccc(C(=N)N)cc3)cc2)NC1=O.Cl. The van der Waals surface area contributed by atoms with Gasteiger partial charge in [-0.15, -0.1) is 12.4 Å². The van der Waals surface area contributed by atoms with Crippen LogP contribution in [-0.2, 0) is 14.3 Å². The maximum Gasteiger partial charge on any atom is 0.306 e. The number of esters is 1. The molecule has 0 bridgehead atoms. The van der Waals surface area contributed by atoms with E-state index in [0.29, 0.717) is 30.9 Å². The summed E-state index contributed by atoms with van der Waals surface area (Å²) in [6, 6.07) is 15.0. The van der Waals surface area contributed by atoms with Crippen molar-refractivity contribution in [3.63, 3.8) is 0 Å². The second-order valence-corrected chi connectivity index (χ2v) is 8.25. The number of benzene rings is 2. The zero-order valence-corrected chi connectivity index (χ0v) is 19.1. The Morgan fingerprint density at radius 1 is 1.12 bits per heavy atom. The van der Waals surface area contributed by atoms with Crippen LogP contribution in [0, 0.1) is 17.2 Å². The summed E-state index contributed by atoms with van der Waals surface area (Å²) >= 11 is 0. The first kappa shape index (κ1) is 25.2. The molecule has 2 aromatic rings. The van der Waals surface area contributed by atoms with Crippen molar-refractivity contribution in [1.29, 1.82) is 5.41 Å². The summed E-state index contributed by atoms with van der Waals surface area (Å²) in [6.07, 6.45) is 0.655. The molecular formula is C24H30ClN3O4. The third-order valence-electron chi connectivity index (χ3n) is 5.11. The monoisotopic (exact) mass is 459 g/mol. The van der Waals surface area contributed by atoms with Crippen molar-refractivity contribution >= 4 is 30.1 Å². The number of nitrogens with two attached hydrogens (primary N) is 1. The molecule has 0 unspecified atom stereocenters. The van der Waals surface area contributed by atoms with Gasteiger partial charge in [0.25, 0.3) is 0 Å². The molecule has 1 saturated heterocycles. The molecule has 4 N–H and O–H groups in total. The van der Waals surface area contributed by atoms with E-state index in [-0.39, 0.29) is 54.4 Å². The molecule has 8 heteroatoms. The van der Waals surface area contributed by atoms with Crippen molar-refractivity contribution in [2.45, 2.75) is 32.7 Å². The van der Waals surface area contributed by atoms with Crippen molar-refractivity contribution in [2.75, 3.05) is 13.2 Å². The van der Waals surface area contributed by atoms with Crippen molar-refractivity contribution in [1.82, 2.24) is 5.32 Å². The van der Waals surface area contributed by atoms with Gasteiger partial charge in [-0.25, -0.2) is 0 Å². The van der Waals surface area contributed by atoms with E-state index in [1.54, 1.807) is 0 Å². The van der Waals surface area contributed by atoms with E-state index in [4.69, 9.17) is 20.6 Å². The lowest BCUT2D eigenvalue weighted by Gasteiger charge is -2.13. The number of amidine groups is 1. The Hall–Kier alpha value is -3.06. The maximum absolute atomic E-state index is 12.1. The van der Waals surface area contributed by atoms with E-state index in [2.05, 4.69) is 5.32 Å². The molecular weight excluding hydrogens is 430 g/mol. The Balaban J connectivity index is 0.00000363. The van der Waals surface area contributed by atoms with Crippen LogP contribution in [-0.4, -0.2) is 37.0 Å². The normalized spacial score (nSPS) is 17.4. The molecule has 32 heavy (non-hydrogen) atoms. The van der Waals surface area contributed by atoms with E-state index >= 15 is 0 Å². The highest BCUT2D eigenvalue weighted by atomic mass is 35.5. The number of carbonyl (C=O) groups is 2. The van der Waals surface area contributed by atoms with Crippen molar-refractivity contribution in [3.05, 3.63) is 54.1 Å². The Bertz CT molecular complexity index is 929. The second kappa shape index (κ2) is 11.5. The molecule has 7 nitrogen and oxygen atoms in total. The summed E-state index contributed by atoms with van der Waals surface area (Å²) < 4.78 is 11.0. The van der Waals surface area contributed by atoms with Gasteiger partial charge in [0.1, 0.15) is 18.2 Å². The number of amides is 1. The third kappa shape index (κ3) is 6.99. The molecule has 172 valence electrons. The molecule has 2 atom stereocenters. The van der Waals surface area contributed by atoms with Crippen molar-refractivity contribution in [3.8, 4) is 16.9 Å². The highest BCUT2D eigenvalue weighted by Crippen LogP contribution is 2.24. The quantitative estimate of drug-likeness (QED) is 0.301. The minimum absolute atomic E-state index is 0. The molecule has 1 heterocycles. The summed E-state index contributed by atoms with van der Waals surface area (Å²) in [7, 11) is 0. The summed E-state index contributed by atoms with van der Waals surface area (Å²) in [5.74, 6) is 0.200. The number of hydrogen-bond acceptors (Lipinski definition) is 5. The first-order valence-corrected chi connectivity index (χ1v) is 10.5. The first-order chi connectivity index (χ1) is 14.8. The lowest BCUT2D eigenvalue weighted by Crippen LogP contribution is -2.31. The number of nitrogen functional groups attached to an aromatic ring is 1. The van der Waals surface area contributed by atoms with Gasteiger partial charge < -0.3 is 20.5 Å². The van der Waals surface area contributed by atoms with Crippen LogP contribution in [0.25, 0.3) is 11.1 Å². The number of halogens is 1. The standard InChI is InChI=1S/C24H29N3O4.ClH/c1-15(2)13-31-22(28)12-19-11-20(27-24(19)29)14-30-21-9-7-17(8-10-21)16-3-5-18(6-4-16)23(25)26;/h3-10,15,19-20H,11-14H2,1-2H3,(H3,25,26)(H,27,29);1H/t19-,20-;/m0./s1. The molecule has 2 aromatic carbocycles. The van der Waals surface area contributed by atoms with Gasteiger partial charge in [0.15, 0.2) is 0 Å². The van der Waals surface area contributed by atoms with Gasteiger partial charge in [-0.3, -0.25) is 15.0 Å². The lowest BCUT2D eigenvalue weighted by atomic mass is 10.0. The van der Waals surface area contributed by atoms with E-state index in [1.165, 1.54) is 0 Å². The van der Waals surface area contributed by atoms with Crippen LogP contribution in [0.15, 0.2) is 48.5 Å². The zero-order valence-electron chi connectivity index (χ0n) is 18.3. The third-order valence-corrected chi connectivity index (χ3v) is 5.11. The highest BCUT2D eigenvalue weighted by molar-refractivity contribution is 5.95. The predicted octanol–water partition coefficient (Wildman–Crippen LogP) is 3.53. The van der Waals surface area contributed by atoms with Gasteiger partial charge in [-0.2, -0.15) is 0 Å². The first-order valence-electron chi connectivity index (χ1n) is 10.5. The Morgan fingerprint density at radius 2 is 1.72 bits per heavy atom. The fraction of sp³-hybridized carbons (Fsp3) is 0.375. The second-order valence-electron chi connectivity index (χ2n) is 8.25. The number of hydrogen-bond donors (Lipinski definition) is 3. The van der Waals surface area contributed by atoms with Gasteiger partial charge in [-0.1, -0.05) is 50.2 Å². The average Bonchev–Trinajstić information content (AvgIpc) is 3.10. The maximum atomic E-state index is 12.1. The Labute approximate surface area is 194 Å². The summed E-state index contributed by atoms with van der Waals surface area (Å²) in [4.78, 5) is 24.0. The van der Waals surface area contributed by atoms with Crippen LogP contribution in [0.1, 0.15) is 32.3 Å². The molecule has 0 spiro atoms. The number of rotatable bonds is 9. The van der Waals surface area contributed by atoms with E-state index in [1.807, 2.05) is 62.4 Å². The van der Waals surface area contributed by atoms with Gasteiger partial charge in [-0.05, 0) is 35.6 Å². The number of ether oxygens (including phenoxy) is 2. The molecule has 1 aliphatic heterocycles. The van der Waals surface area contributed by atoms with E-state index in [0.717, 1.165) is 11.1 Å². The molecule has 1 aliphatic rings. The molecule has 0 saturated carbocycles. The van der Waals surface area contributed by atoms with Gasteiger partial charge in [0.2, 0.25) is 5.91 Å². The molecule has 1 fully saturated rings. The fourth-order valence-corrected chi connectivity index (χ4v) is 3.42. The molecule has 3 rings (SSSR count). The van der Waals surface area contributed by atoms with Crippen LogP contribution in [0.5, 0.6) is 5.75 Å². The summed E-state index contributed by atoms with van der Waals surface area (Å²) in [5.41, 5.74) is 8.22. The van der Waals surface area contributed by atoms with E-state index < -0.39 is 0 Å². The van der Waals surface area contributed by atoms with Crippen LogP contribution in [0.2, 0.25) is 0 Å². The minimum atomic E-state index is -0.367. The van der Waals surface area contributed by atoms with Gasteiger partial charge in [0, 0.05) is 5.56 Å². The molecule has 1 amide bonds. The smallest absolute Gasteiger partial charge is 0.306 e. The van der Waals surface area contributed by atoms with E-state index in [9.17, 15) is 9.59 Å². The molecule has 0 radical (unpaired) electrons. The summed E-state index contributed by atoms with van der Waals surface area (Å²) in [6.45, 7) is 4.66. The van der Waals surface area contributed by atoms with Gasteiger partial charge >= 0.3 is 5.97 Å². The molecule has 0 aromatic heterocycles.